The molecule has 0 amide bonds. The molecule has 0 fully saturated rings. The fraction of sp³-hybridized carbons (Fsp3) is 0.300. The molecule has 0 saturated carbocycles. The first-order valence-corrected chi connectivity index (χ1v) is 6.36. The molecule has 0 aromatic heterocycles. The molecule has 0 heterocycles. The van der Waals surface area contributed by atoms with Gasteiger partial charge in [-0.2, -0.15) is 13.2 Å². The molecular weight excluding hydrogens is 273 g/mol. The Morgan fingerprint density at radius 1 is 1.11 bits per heavy atom. The molecule has 0 bridgehead atoms. The van der Waals surface area contributed by atoms with Gasteiger partial charge in [0.25, 0.3) is 9.84 Å². The Bertz CT molecular complexity index is 531. The van der Waals surface area contributed by atoms with Crippen LogP contribution in [0, 0.1) is 0 Å². The molecule has 0 saturated heterocycles. The Morgan fingerprint density at radius 2 is 1.56 bits per heavy atom. The van der Waals surface area contributed by atoms with E-state index < -0.39 is 27.1 Å². The fourth-order valence-electron chi connectivity index (χ4n) is 1.23. The van der Waals surface area contributed by atoms with Crippen LogP contribution in [0.3, 0.4) is 0 Å². The van der Waals surface area contributed by atoms with E-state index in [9.17, 15) is 26.4 Å². The van der Waals surface area contributed by atoms with E-state index in [4.69, 9.17) is 5.11 Å². The van der Waals surface area contributed by atoms with Gasteiger partial charge in [-0.1, -0.05) is 24.3 Å². The van der Waals surface area contributed by atoms with Crippen LogP contribution >= 0.6 is 0 Å². The number of carboxylic acids is 1. The normalized spacial score (nSPS) is 12.4. The van der Waals surface area contributed by atoms with Gasteiger partial charge >= 0.3 is 11.5 Å². The minimum atomic E-state index is -5.28. The zero-order chi connectivity index (χ0) is 14.0. The van der Waals surface area contributed by atoms with E-state index in [1.54, 1.807) is 0 Å². The van der Waals surface area contributed by atoms with Crippen LogP contribution in [0.15, 0.2) is 24.3 Å². The summed E-state index contributed by atoms with van der Waals surface area (Å²) in [5.41, 5.74) is -4.94. The van der Waals surface area contributed by atoms with Gasteiger partial charge in [0.15, 0.2) is 0 Å². The van der Waals surface area contributed by atoms with Gasteiger partial charge in [0, 0.05) is 0 Å². The van der Waals surface area contributed by atoms with Crippen LogP contribution < -0.4 is 0 Å². The average molecular weight is 282 g/mol. The third kappa shape index (κ3) is 3.73. The number of hydrogen-bond acceptors (Lipinski definition) is 3. The highest BCUT2D eigenvalue weighted by atomic mass is 32.2. The van der Waals surface area contributed by atoms with Crippen molar-refractivity contribution in [2.75, 3.05) is 0 Å². The monoisotopic (exact) mass is 282 g/mol. The minimum Gasteiger partial charge on any atom is -0.481 e. The second kappa shape index (κ2) is 4.97. The van der Waals surface area contributed by atoms with Crippen molar-refractivity contribution in [2.24, 2.45) is 0 Å². The van der Waals surface area contributed by atoms with Gasteiger partial charge in [-0.25, -0.2) is 8.42 Å². The minimum absolute atomic E-state index is 0.0403. The molecule has 0 atom stereocenters. The van der Waals surface area contributed by atoms with Crippen molar-refractivity contribution in [3.05, 3.63) is 35.4 Å². The summed E-state index contributed by atoms with van der Waals surface area (Å²) in [5.74, 6) is -2.23. The SMILES string of the molecule is O=C(O)Cc1ccc(CS(=O)(=O)C(F)(F)F)cc1. The number of alkyl halides is 3. The summed E-state index contributed by atoms with van der Waals surface area (Å²) in [4.78, 5) is 10.4. The van der Waals surface area contributed by atoms with E-state index in [0.717, 1.165) is 0 Å². The summed E-state index contributed by atoms with van der Waals surface area (Å²) < 4.78 is 58.0. The maximum Gasteiger partial charge on any atom is 0.497 e. The maximum atomic E-state index is 12.1. The molecule has 0 aliphatic rings. The Balaban J connectivity index is 2.85. The molecule has 8 heteroatoms. The molecule has 1 N–H and O–H groups in total. The van der Waals surface area contributed by atoms with E-state index in [2.05, 4.69) is 0 Å². The quantitative estimate of drug-likeness (QED) is 0.913. The highest BCUT2D eigenvalue weighted by molar-refractivity contribution is 7.91. The third-order valence-electron chi connectivity index (χ3n) is 2.09. The molecule has 0 aliphatic carbocycles. The molecule has 0 spiro atoms. The number of benzene rings is 1. The van der Waals surface area contributed by atoms with E-state index in [0.29, 0.717) is 5.56 Å². The standard InChI is InChI=1S/C10H9F3O4S/c11-10(12,13)18(16,17)6-8-3-1-7(2-4-8)5-9(14)15/h1-4H,5-6H2,(H,14,15). The zero-order valence-electron chi connectivity index (χ0n) is 8.94. The second-order valence-electron chi connectivity index (χ2n) is 3.59. The Morgan fingerprint density at radius 3 is 1.94 bits per heavy atom. The van der Waals surface area contributed by atoms with Gasteiger partial charge < -0.3 is 5.11 Å². The topological polar surface area (TPSA) is 71.4 Å². The van der Waals surface area contributed by atoms with Crippen LogP contribution in [0.4, 0.5) is 13.2 Å². The molecule has 100 valence electrons. The van der Waals surface area contributed by atoms with Gasteiger partial charge in [-0.15, -0.1) is 0 Å². The summed E-state index contributed by atoms with van der Waals surface area (Å²) >= 11 is 0. The van der Waals surface area contributed by atoms with E-state index in [1.807, 2.05) is 0 Å². The fourth-order valence-corrected chi connectivity index (χ4v) is 2.02. The lowest BCUT2D eigenvalue weighted by Crippen LogP contribution is -2.24. The van der Waals surface area contributed by atoms with Gasteiger partial charge in [-0.3, -0.25) is 4.79 Å². The number of aliphatic carboxylic acids is 1. The lowest BCUT2D eigenvalue weighted by atomic mass is 10.1. The lowest BCUT2D eigenvalue weighted by Gasteiger charge is -2.08. The number of carboxylic acid groups (broad SMARTS) is 1. The predicted molar refractivity (Wildman–Crippen MR) is 56.5 cm³/mol. The first kappa shape index (κ1) is 14.5. The first-order chi connectivity index (χ1) is 8.12. The highest BCUT2D eigenvalue weighted by Crippen LogP contribution is 2.26. The van der Waals surface area contributed by atoms with E-state index in [-0.39, 0.29) is 12.0 Å². The van der Waals surface area contributed by atoms with Gasteiger partial charge in [0.05, 0.1) is 12.2 Å². The molecule has 18 heavy (non-hydrogen) atoms. The summed E-state index contributed by atoms with van der Waals surface area (Å²) in [5, 5.41) is 8.48. The van der Waals surface area contributed by atoms with Crippen LogP contribution in [0.2, 0.25) is 0 Å². The van der Waals surface area contributed by atoms with Crippen molar-refractivity contribution < 1.29 is 31.5 Å². The van der Waals surface area contributed by atoms with Crippen molar-refractivity contribution in [1.29, 1.82) is 0 Å². The summed E-state index contributed by atoms with van der Waals surface area (Å²) in [7, 11) is -5.20. The average Bonchev–Trinajstić information content (AvgIpc) is 2.18. The van der Waals surface area contributed by atoms with Crippen molar-refractivity contribution in [2.45, 2.75) is 17.7 Å². The molecule has 0 aliphatic heterocycles. The molecule has 0 radical (unpaired) electrons. The molecule has 0 unspecified atom stereocenters. The van der Waals surface area contributed by atoms with E-state index in [1.165, 1.54) is 24.3 Å². The predicted octanol–water partition coefficient (Wildman–Crippen LogP) is 1.75. The molecule has 4 nitrogen and oxygen atoms in total. The Labute approximate surface area is 101 Å². The number of sulfone groups is 1. The summed E-state index contributed by atoms with van der Waals surface area (Å²) in [6.07, 6.45) is -0.272. The number of carbonyl (C=O) groups is 1. The van der Waals surface area contributed by atoms with Crippen LogP contribution in [-0.2, 0) is 26.8 Å². The summed E-state index contributed by atoms with van der Waals surface area (Å²) in [6.45, 7) is 0. The number of halogens is 3. The van der Waals surface area contributed by atoms with Crippen LogP contribution in [0.25, 0.3) is 0 Å². The van der Waals surface area contributed by atoms with Crippen LogP contribution in [0.5, 0.6) is 0 Å². The Kier molecular flexibility index (Phi) is 4.00. The van der Waals surface area contributed by atoms with Crippen molar-refractivity contribution in [1.82, 2.24) is 0 Å². The first-order valence-electron chi connectivity index (χ1n) is 4.70. The Hall–Kier alpha value is -1.57. The van der Waals surface area contributed by atoms with Gasteiger partial charge in [0.1, 0.15) is 0 Å². The van der Waals surface area contributed by atoms with Gasteiger partial charge in [0.2, 0.25) is 0 Å². The largest absolute Gasteiger partial charge is 0.497 e. The van der Waals surface area contributed by atoms with Crippen LogP contribution in [-0.4, -0.2) is 25.0 Å². The lowest BCUT2D eigenvalue weighted by molar-refractivity contribution is -0.136. The number of rotatable bonds is 4. The van der Waals surface area contributed by atoms with E-state index >= 15 is 0 Å². The molecule has 1 rings (SSSR count). The van der Waals surface area contributed by atoms with Gasteiger partial charge in [-0.05, 0) is 11.1 Å². The number of hydrogen-bond donors (Lipinski definition) is 1. The molecule has 1 aromatic rings. The second-order valence-corrected chi connectivity index (χ2v) is 5.57. The van der Waals surface area contributed by atoms with Crippen molar-refractivity contribution in [3.8, 4) is 0 Å². The summed E-state index contributed by atoms with van der Waals surface area (Å²) in [6, 6.07) is 4.91. The highest BCUT2D eigenvalue weighted by Gasteiger charge is 2.45. The molecule has 1 aromatic carbocycles. The zero-order valence-corrected chi connectivity index (χ0v) is 9.75. The maximum absolute atomic E-state index is 12.1. The van der Waals surface area contributed by atoms with Crippen LogP contribution in [0.1, 0.15) is 11.1 Å². The molecular formula is C10H9F3O4S. The smallest absolute Gasteiger partial charge is 0.481 e. The third-order valence-corrected chi connectivity index (χ3v) is 3.51. The van der Waals surface area contributed by atoms with Crippen molar-refractivity contribution in [3.63, 3.8) is 0 Å². The van der Waals surface area contributed by atoms with Crippen molar-refractivity contribution >= 4 is 15.8 Å².